The molecule has 0 unspecified atom stereocenters. The lowest BCUT2D eigenvalue weighted by molar-refractivity contribution is -0.870. The number of quaternary nitrogens is 1. The fourth-order valence-corrected chi connectivity index (χ4v) is 0.535. The predicted octanol–water partition coefficient (Wildman–Crippen LogP) is 1.87. The molecule has 0 saturated carbocycles. The lowest BCUT2D eigenvalue weighted by Crippen LogP contribution is -2.38. The fraction of sp³-hybridized carbons (Fsp3) is 0.700. The molecule has 0 spiro atoms. The van der Waals surface area contributed by atoms with Gasteiger partial charge in [0.15, 0.2) is 0 Å². The minimum atomic E-state index is -0.302. The van der Waals surface area contributed by atoms with E-state index in [2.05, 4.69) is 27.7 Å². The molecular formula is C10H23ClNO2+. The minimum absolute atomic E-state index is 0. The molecule has 0 aliphatic heterocycles. The van der Waals surface area contributed by atoms with Gasteiger partial charge in [0.1, 0.15) is 13.2 Å². The largest absolute Gasteiger partial charge is 0.456 e. The van der Waals surface area contributed by atoms with Crippen molar-refractivity contribution < 1.29 is 14.0 Å². The third kappa shape index (κ3) is 11.5. The molecule has 0 aromatic rings. The highest BCUT2D eigenvalue weighted by atomic mass is 35.5. The van der Waals surface area contributed by atoms with E-state index in [0.717, 1.165) is 11.0 Å². The van der Waals surface area contributed by atoms with Crippen molar-refractivity contribution in [2.75, 3.05) is 34.3 Å². The third-order valence-electron chi connectivity index (χ3n) is 1.34. The standard InChI is InChI=1S/C9H18NO2.CH4.ClH/c1-8(2)9(11)12-7-6-10(3,4)5;;/h1,6-7H2,2-5H3;1H4;1H/q+1;;. The van der Waals surface area contributed by atoms with Gasteiger partial charge in [-0.2, -0.15) is 0 Å². The molecule has 0 rings (SSSR count). The third-order valence-corrected chi connectivity index (χ3v) is 1.34. The lowest BCUT2D eigenvalue weighted by Gasteiger charge is -2.23. The summed E-state index contributed by atoms with van der Waals surface area (Å²) in [6.45, 7) is 6.41. The molecule has 0 radical (unpaired) electrons. The van der Waals surface area contributed by atoms with Crippen LogP contribution in [0.25, 0.3) is 0 Å². The van der Waals surface area contributed by atoms with Crippen LogP contribution in [0.2, 0.25) is 0 Å². The average molecular weight is 225 g/mol. The van der Waals surface area contributed by atoms with E-state index >= 15 is 0 Å². The summed E-state index contributed by atoms with van der Waals surface area (Å²) in [7, 11) is 6.15. The second-order valence-electron chi connectivity index (χ2n) is 3.93. The van der Waals surface area contributed by atoms with Gasteiger partial charge >= 0.3 is 5.97 Å². The van der Waals surface area contributed by atoms with Crippen molar-refractivity contribution in [3.8, 4) is 0 Å². The Morgan fingerprint density at radius 2 is 1.79 bits per heavy atom. The molecule has 0 bridgehead atoms. The van der Waals surface area contributed by atoms with Crippen LogP contribution in [0.15, 0.2) is 12.2 Å². The summed E-state index contributed by atoms with van der Waals surface area (Å²) in [4.78, 5) is 10.9. The van der Waals surface area contributed by atoms with Crippen molar-refractivity contribution in [2.24, 2.45) is 0 Å². The van der Waals surface area contributed by atoms with Crippen LogP contribution in [0.5, 0.6) is 0 Å². The highest BCUT2D eigenvalue weighted by Gasteiger charge is 2.09. The number of rotatable bonds is 4. The number of nitrogens with zero attached hydrogens (tertiary/aromatic N) is 1. The molecular weight excluding hydrogens is 202 g/mol. The maximum Gasteiger partial charge on any atom is 0.333 e. The van der Waals surface area contributed by atoms with Crippen LogP contribution in [0.3, 0.4) is 0 Å². The Morgan fingerprint density at radius 3 is 2.07 bits per heavy atom. The molecule has 0 heterocycles. The van der Waals surface area contributed by atoms with Crippen molar-refractivity contribution in [3.05, 3.63) is 12.2 Å². The van der Waals surface area contributed by atoms with Crippen molar-refractivity contribution in [1.29, 1.82) is 0 Å². The number of hydrogen-bond donors (Lipinski definition) is 0. The van der Waals surface area contributed by atoms with E-state index in [-0.39, 0.29) is 25.8 Å². The van der Waals surface area contributed by atoms with Crippen LogP contribution in [0.4, 0.5) is 0 Å². The van der Waals surface area contributed by atoms with E-state index in [0.29, 0.717) is 12.2 Å². The van der Waals surface area contributed by atoms with Gasteiger partial charge in [-0.05, 0) is 6.92 Å². The van der Waals surface area contributed by atoms with Crippen LogP contribution < -0.4 is 0 Å². The zero-order valence-electron chi connectivity index (χ0n) is 8.79. The van der Waals surface area contributed by atoms with Crippen LogP contribution in [0, 0.1) is 0 Å². The number of hydrogen-bond acceptors (Lipinski definition) is 2. The number of ether oxygens (including phenoxy) is 1. The maximum absolute atomic E-state index is 10.9. The highest BCUT2D eigenvalue weighted by Crippen LogP contribution is 1.94. The Hall–Kier alpha value is -0.540. The lowest BCUT2D eigenvalue weighted by atomic mass is 10.4. The van der Waals surface area contributed by atoms with Gasteiger partial charge in [0.25, 0.3) is 0 Å². The molecule has 0 amide bonds. The SMILES string of the molecule is C.C=C(C)C(=O)OCC[N+](C)(C)C.Cl. The maximum atomic E-state index is 10.9. The van der Waals surface area contributed by atoms with Gasteiger partial charge in [-0.15, -0.1) is 12.4 Å². The van der Waals surface area contributed by atoms with E-state index in [1.165, 1.54) is 0 Å². The van der Waals surface area contributed by atoms with Gasteiger partial charge < -0.3 is 9.22 Å². The Balaban J connectivity index is -0.000000605. The summed E-state index contributed by atoms with van der Waals surface area (Å²) >= 11 is 0. The molecule has 3 nitrogen and oxygen atoms in total. The van der Waals surface area contributed by atoms with E-state index < -0.39 is 0 Å². The first-order chi connectivity index (χ1) is 5.33. The Morgan fingerprint density at radius 1 is 1.36 bits per heavy atom. The van der Waals surface area contributed by atoms with Gasteiger partial charge in [-0.25, -0.2) is 4.79 Å². The normalized spacial score (nSPS) is 9.43. The van der Waals surface area contributed by atoms with Crippen molar-refractivity contribution in [1.82, 2.24) is 0 Å². The molecule has 0 aliphatic rings. The zero-order valence-corrected chi connectivity index (χ0v) is 9.61. The smallest absolute Gasteiger partial charge is 0.333 e. The summed E-state index contributed by atoms with van der Waals surface area (Å²) in [6, 6.07) is 0. The first-order valence-electron chi connectivity index (χ1n) is 3.96. The number of esters is 1. The Bertz CT molecular complexity index is 185. The van der Waals surface area contributed by atoms with Gasteiger partial charge in [0, 0.05) is 5.57 Å². The van der Waals surface area contributed by atoms with Gasteiger partial charge in [0.05, 0.1) is 21.1 Å². The number of carbonyl (C=O) groups excluding carboxylic acids is 1. The van der Waals surface area contributed by atoms with E-state index in [1.807, 2.05) is 0 Å². The second-order valence-corrected chi connectivity index (χ2v) is 3.93. The predicted molar refractivity (Wildman–Crippen MR) is 62.7 cm³/mol. The van der Waals surface area contributed by atoms with Crippen molar-refractivity contribution in [2.45, 2.75) is 14.4 Å². The summed E-state index contributed by atoms with van der Waals surface area (Å²) in [5, 5.41) is 0. The first-order valence-corrected chi connectivity index (χ1v) is 3.96. The van der Waals surface area contributed by atoms with Crippen LogP contribution in [-0.4, -0.2) is 44.7 Å². The summed E-state index contributed by atoms with van der Waals surface area (Å²) in [5.41, 5.74) is 0.455. The summed E-state index contributed by atoms with van der Waals surface area (Å²) in [6.07, 6.45) is 0. The molecule has 14 heavy (non-hydrogen) atoms. The Kier molecular flexibility index (Phi) is 10.7. The molecule has 0 aromatic carbocycles. The Labute approximate surface area is 93.7 Å². The molecule has 0 atom stereocenters. The topological polar surface area (TPSA) is 26.3 Å². The molecule has 4 heteroatoms. The molecule has 0 fully saturated rings. The average Bonchev–Trinajstić information content (AvgIpc) is 1.84. The number of likely N-dealkylation sites (N-methyl/N-ethyl adjacent to an activating group) is 1. The van der Waals surface area contributed by atoms with E-state index in [9.17, 15) is 4.79 Å². The van der Waals surface area contributed by atoms with Crippen LogP contribution in [-0.2, 0) is 9.53 Å². The molecule has 0 N–H and O–H groups in total. The van der Waals surface area contributed by atoms with Crippen LogP contribution >= 0.6 is 12.4 Å². The number of carbonyl (C=O) groups is 1. The molecule has 0 aromatic heterocycles. The monoisotopic (exact) mass is 224 g/mol. The number of halogens is 1. The second kappa shape index (κ2) is 7.83. The van der Waals surface area contributed by atoms with E-state index in [4.69, 9.17) is 4.74 Å². The molecule has 86 valence electrons. The van der Waals surface area contributed by atoms with Gasteiger partial charge in [-0.3, -0.25) is 0 Å². The van der Waals surface area contributed by atoms with Crippen molar-refractivity contribution >= 4 is 18.4 Å². The summed E-state index contributed by atoms with van der Waals surface area (Å²) in [5.74, 6) is -0.302. The van der Waals surface area contributed by atoms with Crippen LogP contribution in [0.1, 0.15) is 14.4 Å². The first kappa shape index (κ1) is 19.1. The van der Waals surface area contributed by atoms with Crippen molar-refractivity contribution in [3.63, 3.8) is 0 Å². The molecule has 0 aliphatic carbocycles. The summed E-state index contributed by atoms with van der Waals surface area (Å²) < 4.78 is 5.72. The fourth-order valence-electron chi connectivity index (χ4n) is 0.535. The molecule has 0 saturated heterocycles. The quantitative estimate of drug-likeness (QED) is 0.414. The van der Waals surface area contributed by atoms with Gasteiger partial charge in [0.2, 0.25) is 0 Å². The van der Waals surface area contributed by atoms with Gasteiger partial charge in [-0.1, -0.05) is 14.0 Å². The highest BCUT2D eigenvalue weighted by molar-refractivity contribution is 5.86. The zero-order chi connectivity index (χ0) is 9.78. The minimum Gasteiger partial charge on any atom is -0.456 e. The van der Waals surface area contributed by atoms with E-state index in [1.54, 1.807) is 6.92 Å².